The SMILES string of the molecule is O=S(=O)(SS(=O)(=O)c1ccccc1Cl)c1ccccc1Cl. The van der Waals surface area contributed by atoms with E-state index in [0.29, 0.717) is 0 Å². The Balaban J connectivity index is 2.46. The van der Waals surface area contributed by atoms with E-state index < -0.39 is 17.7 Å². The molecule has 0 heterocycles. The van der Waals surface area contributed by atoms with Gasteiger partial charge in [-0.1, -0.05) is 47.5 Å². The molecule has 0 radical (unpaired) electrons. The van der Waals surface area contributed by atoms with Crippen LogP contribution >= 0.6 is 33.0 Å². The van der Waals surface area contributed by atoms with Gasteiger partial charge in [-0.3, -0.25) is 0 Å². The summed E-state index contributed by atoms with van der Waals surface area (Å²) in [4.78, 5) is -0.514. The fraction of sp³-hybridized carbons (Fsp3) is 0. The van der Waals surface area contributed by atoms with Crippen LogP contribution in [0.2, 0.25) is 10.0 Å². The lowest BCUT2D eigenvalue weighted by Crippen LogP contribution is -2.04. The van der Waals surface area contributed by atoms with Crippen LogP contribution in [-0.2, 0) is 17.7 Å². The molecule has 9 heteroatoms. The first kappa shape index (κ1) is 16.6. The molecule has 0 atom stereocenters. The zero-order valence-corrected chi connectivity index (χ0v) is 14.2. The topological polar surface area (TPSA) is 68.3 Å². The largest absolute Gasteiger partial charge is 0.246 e. The first-order valence-corrected chi connectivity index (χ1v) is 11.0. The van der Waals surface area contributed by atoms with E-state index in [0.717, 1.165) is 0 Å². The van der Waals surface area contributed by atoms with E-state index in [2.05, 4.69) is 0 Å². The molecule has 0 fully saturated rings. The van der Waals surface area contributed by atoms with Crippen LogP contribution in [0.25, 0.3) is 0 Å². The molecule has 0 saturated carbocycles. The molecule has 0 aliphatic heterocycles. The second-order valence-electron chi connectivity index (χ2n) is 3.84. The van der Waals surface area contributed by atoms with Crippen LogP contribution in [0.5, 0.6) is 0 Å². The minimum atomic E-state index is -4.18. The second-order valence-corrected chi connectivity index (χ2v) is 11.7. The third kappa shape index (κ3) is 3.73. The van der Waals surface area contributed by atoms with Gasteiger partial charge in [0.25, 0.3) is 0 Å². The van der Waals surface area contributed by atoms with Crippen molar-refractivity contribution in [2.75, 3.05) is 0 Å². The van der Waals surface area contributed by atoms with Crippen molar-refractivity contribution < 1.29 is 16.8 Å². The molecule has 112 valence electrons. The molecule has 0 unspecified atom stereocenters. The average molecular weight is 383 g/mol. The van der Waals surface area contributed by atoms with Crippen molar-refractivity contribution in [3.05, 3.63) is 58.6 Å². The highest BCUT2D eigenvalue weighted by atomic mass is 35.5. The predicted molar refractivity (Wildman–Crippen MR) is 84.9 cm³/mol. The summed E-state index contributed by atoms with van der Waals surface area (Å²) in [5.41, 5.74) is 0. The van der Waals surface area contributed by atoms with E-state index in [4.69, 9.17) is 23.2 Å². The summed E-state index contributed by atoms with van der Waals surface area (Å²) in [6, 6.07) is 11.2. The number of hydrogen-bond donors (Lipinski definition) is 0. The molecule has 0 saturated heterocycles. The first-order chi connectivity index (χ1) is 9.74. The van der Waals surface area contributed by atoms with Gasteiger partial charge >= 0.3 is 0 Å². The predicted octanol–water partition coefficient (Wildman–Crippen LogP) is 3.80. The molecule has 0 aliphatic rings. The van der Waals surface area contributed by atoms with Gasteiger partial charge in [0.1, 0.15) is 9.83 Å². The van der Waals surface area contributed by atoms with Gasteiger partial charge < -0.3 is 0 Å². The van der Waals surface area contributed by atoms with E-state index in [1.807, 2.05) is 0 Å². The highest BCUT2D eigenvalue weighted by Gasteiger charge is 2.30. The monoisotopic (exact) mass is 382 g/mol. The van der Waals surface area contributed by atoms with Crippen molar-refractivity contribution in [1.29, 1.82) is 0 Å². The molecule has 21 heavy (non-hydrogen) atoms. The van der Waals surface area contributed by atoms with Crippen molar-refractivity contribution >= 4 is 50.8 Å². The minimum Gasteiger partial charge on any atom is -0.211 e. The Bertz CT molecular complexity index is 803. The second kappa shape index (κ2) is 6.18. The van der Waals surface area contributed by atoms with Crippen molar-refractivity contribution in [2.24, 2.45) is 0 Å². The highest BCUT2D eigenvalue weighted by Crippen LogP contribution is 2.38. The van der Waals surface area contributed by atoms with E-state index in [1.54, 1.807) is 12.1 Å². The molecule has 0 bridgehead atoms. The molecule has 0 aromatic heterocycles. The Morgan fingerprint density at radius 2 is 1.00 bits per heavy atom. The van der Waals surface area contributed by atoms with Gasteiger partial charge in [0.05, 0.1) is 19.8 Å². The van der Waals surface area contributed by atoms with Crippen LogP contribution in [0.4, 0.5) is 0 Å². The van der Waals surface area contributed by atoms with E-state index in [9.17, 15) is 16.8 Å². The quantitative estimate of drug-likeness (QED) is 0.752. The van der Waals surface area contributed by atoms with Gasteiger partial charge in [-0.2, -0.15) is 0 Å². The molecule has 0 spiro atoms. The number of halogens is 2. The lowest BCUT2D eigenvalue weighted by Gasteiger charge is -2.07. The summed E-state index contributed by atoms with van der Waals surface area (Å²) in [5, 5.41) is -0.0845. The first-order valence-electron chi connectivity index (χ1n) is 5.44. The third-order valence-electron chi connectivity index (χ3n) is 2.39. The van der Waals surface area contributed by atoms with E-state index in [-0.39, 0.29) is 29.7 Å². The Kier molecular flexibility index (Phi) is 4.89. The Morgan fingerprint density at radius 3 is 1.33 bits per heavy atom. The summed E-state index contributed by atoms with van der Waals surface area (Å²) in [6.07, 6.45) is 0. The zero-order valence-electron chi connectivity index (χ0n) is 10.2. The average Bonchev–Trinajstić information content (AvgIpc) is 2.38. The maximum Gasteiger partial charge on any atom is 0.246 e. The minimum absolute atomic E-state index is 0.0423. The Morgan fingerprint density at radius 1 is 0.667 bits per heavy atom. The molecule has 2 aromatic carbocycles. The van der Waals surface area contributed by atoms with Crippen LogP contribution in [0.15, 0.2) is 58.3 Å². The molecule has 2 rings (SSSR count). The highest BCUT2D eigenvalue weighted by molar-refractivity contribution is 9.04. The zero-order chi connectivity index (χ0) is 15.7. The summed E-state index contributed by atoms with van der Waals surface area (Å²) in [5.74, 6) is 0. The van der Waals surface area contributed by atoms with Crippen molar-refractivity contribution in [3.8, 4) is 0 Å². The van der Waals surface area contributed by atoms with E-state index in [1.165, 1.54) is 36.4 Å². The Hall–Kier alpha value is -0.730. The van der Waals surface area contributed by atoms with E-state index >= 15 is 0 Å². The van der Waals surface area contributed by atoms with Gasteiger partial charge in [0, 0.05) is 0 Å². The lowest BCUT2D eigenvalue weighted by molar-refractivity contribution is 0.608. The summed E-state index contributed by atoms with van der Waals surface area (Å²) in [7, 11) is -8.54. The van der Waals surface area contributed by atoms with Crippen LogP contribution in [0.3, 0.4) is 0 Å². The van der Waals surface area contributed by atoms with Crippen LogP contribution in [0.1, 0.15) is 0 Å². The summed E-state index contributed by atoms with van der Waals surface area (Å²) in [6.45, 7) is 0. The van der Waals surface area contributed by atoms with Gasteiger partial charge in [0.2, 0.25) is 17.7 Å². The molecular weight excluding hydrogens is 375 g/mol. The normalized spacial score (nSPS) is 12.3. The van der Waals surface area contributed by atoms with Crippen LogP contribution in [-0.4, -0.2) is 16.8 Å². The smallest absolute Gasteiger partial charge is 0.211 e. The standard InChI is InChI=1S/C12H8Cl2O4S3/c13-9-5-1-3-7-11(9)20(15,16)19-21(17,18)12-8-4-2-6-10(12)14/h1-8H. The lowest BCUT2D eigenvalue weighted by atomic mass is 10.4. The summed E-state index contributed by atoms with van der Waals surface area (Å²) >= 11 is 11.6. The number of rotatable bonds is 4. The molecule has 2 aromatic rings. The van der Waals surface area contributed by atoms with Gasteiger partial charge in [-0.15, -0.1) is 0 Å². The molecule has 0 amide bonds. The van der Waals surface area contributed by atoms with Crippen molar-refractivity contribution in [2.45, 2.75) is 9.79 Å². The van der Waals surface area contributed by atoms with Gasteiger partial charge in [0.15, 0.2) is 0 Å². The fourth-order valence-electron chi connectivity index (χ4n) is 1.49. The molecule has 0 N–H and O–H groups in total. The number of hydrogen-bond acceptors (Lipinski definition) is 5. The molecular formula is C12H8Cl2O4S3. The molecule has 4 nitrogen and oxygen atoms in total. The van der Waals surface area contributed by atoms with Crippen molar-refractivity contribution in [3.63, 3.8) is 0 Å². The Labute approximate surface area is 135 Å². The van der Waals surface area contributed by atoms with Gasteiger partial charge in [-0.25, -0.2) is 16.8 Å². The van der Waals surface area contributed by atoms with Crippen LogP contribution < -0.4 is 0 Å². The number of benzene rings is 2. The van der Waals surface area contributed by atoms with Crippen LogP contribution in [0, 0.1) is 0 Å². The maximum atomic E-state index is 12.2. The maximum absolute atomic E-state index is 12.2. The van der Waals surface area contributed by atoms with Gasteiger partial charge in [-0.05, 0) is 24.3 Å². The van der Waals surface area contributed by atoms with Crippen molar-refractivity contribution in [1.82, 2.24) is 0 Å². The third-order valence-corrected chi connectivity index (χ3v) is 10.8. The summed E-state index contributed by atoms with van der Waals surface area (Å²) < 4.78 is 48.8. The fourth-order valence-corrected chi connectivity index (χ4v) is 9.59. The molecule has 0 aliphatic carbocycles.